The Balaban J connectivity index is 1.75. The normalized spacial score (nSPS) is 16.2. The van der Waals surface area contributed by atoms with E-state index >= 15 is 0 Å². The Morgan fingerprint density at radius 2 is 1.91 bits per heavy atom. The fourth-order valence-corrected chi connectivity index (χ4v) is 4.44. The van der Waals surface area contributed by atoms with Gasteiger partial charge in [0.15, 0.2) is 0 Å². The summed E-state index contributed by atoms with van der Waals surface area (Å²) in [7, 11) is 0. The lowest BCUT2D eigenvalue weighted by Crippen LogP contribution is -2.50. The molecule has 3 rings (SSSR count). The Kier molecular flexibility index (Phi) is 7.37. The average Bonchev–Trinajstić information content (AvgIpc) is 3.17. The summed E-state index contributed by atoms with van der Waals surface area (Å²) in [4.78, 5) is 39.8. The summed E-state index contributed by atoms with van der Waals surface area (Å²) in [5.74, 6) is 4.87. The molecule has 9 nitrogen and oxygen atoms in total. The molecule has 1 fully saturated rings. The number of urea groups is 1. The maximum Gasteiger partial charge on any atom is 0.410 e. The first kappa shape index (κ1) is 23.6. The Morgan fingerprint density at radius 3 is 2.56 bits per heavy atom. The van der Waals surface area contributed by atoms with Gasteiger partial charge in [0.2, 0.25) is 0 Å². The number of hydrazine groups is 1. The van der Waals surface area contributed by atoms with Gasteiger partial charge in [-0.2, -0.15) is 0 Å². The number of benzene rings is 1. The molecule has 5 N–H and O–H groups in total. The van der Waals surface area contributed by atoms with Crippen molar-refractivity contribution in [2.24, 2.45) is 5.84 Å². The molecule has 0 bridgehead atoms. The zero-order valence-electron chi connectivity index (χ0n) is 18.4. The summed E-state index contributed by atoms with van der Waals surface area (Å²) >= 11 is 1.29. The van der Waals surface area contributed by atoms with Crippen LogP contribution in [0.2, 0.25) is 0 Å². The molecule has 10 heteroatoms. The molecule has 0 aliphatic carbocycles. The van der Waals surface area contributed by atoms with Crippen LogP contribution in [0.4, 0.5) is 14.6 Å². The summed E-state index contributed by atoms with van der Waals surface area (Å²) in [6.45, 7) is 6.41. The lowest BCUT2D eigenvalue weighted by molar-refractivity contribution is 0.0185. The number of likely N-dealkylation sites (tertiary alicyclic amines) is 1. The molecule has 1 saturated heterocycles. The molecule has 4 amide bonds. The summed E-state index contributed by atoms with van der Waals surface area (Å²) in [6, 6.07) is 10.5. The van der Waals surface area contributed by atoms with Crippen LogP contribution in [0.3, 0.4) is 0 Å². The van der Waals surface area contributed by atoms with Gasteiger partial charge in [-0.25, -0.2) is 15.4 Å². The van der Waals surface area contributed by atoms with Gasteiger partial charge in [0, 0.05) is 24.0 Å². The molecule has 1 aliphatic heterocycles. The number of nitrogens with zero attached hydrogens (tertiary/aromatic N) is 1. The molecular weight excluding hydrogens is 430 g/mol. The fraction of sp³-hybridized carbons (Fsp3) is 0.409. The zero-order chi connectivity index (χ0) is 23.3. The predicted molar refractivity (Wildman–Crippen MR) is 124 cm³/mol. The first-order chi connectivity index (χ1) is 15.2. The van der Waals surface area contributed by atoms with Crippen LogP contribution in [0.5, 0.6) is 0 Å². The molecule has 0 radical (unpaired) electrons. The lowest BCUT2D eigenvalue weighted by atomic mass is 10.1. The minimum atomic E-state index is -0.616. The van der Waals surface area contributed by atoms with Crippen molar-refractivity contribution in [3.05, 3.63) is 42.0 Å². The van der Waals surface area contributed by atoms with Gasteiger partial charge in [0.25, 0.3) is 5.91 Å². The van der Waals surface area contributed by atoms with E-state index in [1.54, 1.807) is 11.0 Å². The second kappa shape index (κ2) is 10.0. The van der Waals surface area contributed by atoms with Crippen molar-refractivity contribution in [1.29, 1.82) is 0 Å². The fourth-order valence-electron chi connectivity index (χ4n) is 3.39. The highest BCUT2D eigenvalue weighted by Crippen LogP contribution is 2.35. The van der Waals surface area contributed by atoms with E-state index in [9.17, 15) is 14.4 Å². The number of nitrogens with one attached hydrogen (secondary N) is 3. The van der Waals surface area contributed by atoms with Crippen LogP contribution >= 0.6 is 11.3 Å². The standard InChI is InChI=1S/C22H29N5O4S/c1-22(2,3)31-21(30)27-11-7-10-15(13-27)24-18(28)16-12-17(14-8-5-4-6-9-14)32-19(16)25-20(29)26-23/h4-6,8-9,12,15H,7,10-11,13,23H2,1-3H3,(H,24,28)(H2,25,26,29)/t15-/m0/s1. The highest BCUT2D eigenvalue weighted by Gasteiger charge is 2.29. The summed E-state index contributed by atoms with van der Waals surface area (Å²) < 4.78 is 5.45. The molecule has 0 spiro atoms. The van der Waals surface area contributed by atoms with Crippen molar-refractivity contribution in [2.75, 3.05) is 18.4 Å². The summed E-state index contributed by atoms with van der Waals surface area (Å²) in [5, 5.41) is 6.01. The molecule has 32 heavy (non-hydrogen) atoms. The second-order valence-electron chi connectivity index (χ2n) is 8.56. The Bertz CT molecular complexity index is 970. The van der Waals surface area contributed by atoms with Gasteiger partial charge < -0.3 is 15.0 Å². The maximum absolute atomic E-state index is 13.1. The van der Waals surface area contributed by atoms with Crippen LogP contribution < -0.4 is 21.9 Å². The largest absolute Gasteiger partial charge is 0.444 e. The molecule has 172 valence electrons. The monoisotopic (exact) mass is 459 g/mol. The number of rotatable bonds is 4. The molecule has 2 aromatic rings. The van der Waals surface area contributed by atoms with E-state index in [2.05, 4.69) is 10.6 Å². The number of carbonyl (C=O) groups is 3. The number of piperidine rings is 1. The summed E-state index contributed by atoms with van der Waals surface area (Å²) in [5.41, 5.74) is 2.70. The molecule has 1 aromatic carbocycles. The van der Waals surface area contributed by atoms with E-state index in [0.29, 0.717) is 23.7 Å². The molecule has 1 atom stereocenters. The van der Waals surface area contributed by atoms with Crippen LogP contribution in [0, 0.1) is 0 Å². The number of anilines is 1. The second-order valence-corrected chi connectivity index (χ2v) is 9.61. The molecule has 0 unspecified atom stereocenters. The van der Waals surface area contributed by atoms with E-state index in [4.69, 9.17) is 10.6 Å². The number of nitrogens with two attached hydrogens (primary N) is 1. The SMILES string of the molecule is CC(C)(C)OC(=O)N1CCC[C@H](NC(=O)c2cc(-c3ccccc3)sc2NC(=O)NN)C1. The third kappa shape index (κ3) is 6.21. The van der Waals surface area contributed by atoms with Crippen molar-refractivity contribution >= 4 is 34.4 Å². The van der Waals surface area contributed by atoms with Crippen molar-refractivity contribution in [3.8, 4) is 10.4 Å². The average molecular weight is 460 g/mol. The van der Waals surface area contributed by atoms with Gasteiger partial charge in [0.1, 0.15) is 10.6 Å². The minimum Gasteiger partial charge on any atom is -0.444 e. The third-order valence-corrected chi connectivity index (χ3v) is 5.90. The number of carbonyl (C=O) groups excluding carboxylic acids is 3. The number of thiophene rings is 1. The van der Waals surface area contributed by atoms with Crippen LogP contribution in [-0.2, 0) is 4.74 Å². The van der Waals surface area contributed by atoms with Crippen molar-refractivity contribution in [3.63, 3.8) is 0 Å². The van der Waals surface area contributed by atoms with Gasteiger partial charge >= 0.3 is 12.1 Å². The van der Waals surface area contributed by atoms with E-state index in [1.165, 1.54) is 11.3 Å². The van der Waals surface area contributed by atoms with Crippen molar-refractivity contribution < 1.29 is 19.1 Å². The maximum atomic E-state index is 13.1. The zero-order valence-corrected chi connectivity index (χ0v) is 19.3. The molecule has 0 saturated carbocycles. The highest BCUT2D eigenvalue weighted by atomic mass is 32.1. The first-order valence-corrected chi connectivity index (χ1v) is 11.2. The highest BCUT2D eigenvalue weighted by molar-refractivity contribution is 7.20. The van der Waals surface area contributed by atoms with Gasteiger partial charge in [-0.3, -0.25) is 15.5 Å². The van der Waals surface area contributed by atoms with E-state index in [0.717, 1.165) is 23.3 Å². The first-order valence-electron chi connectivity index (χ1n) is 10.4. The lowest BCUT2D eigenvalue weighted by Gasteiger charge is -2.34. The van der Waals surface area contributed by atoms with Crippen LogP contribution in [0.15, 0.2) is 36.4 Å². The van der Waals surface area contributed by atoms with Crippen molar-refractivity contribution in [2.45, 2.75) is 45.3 Å². The van der Waals surface area contributed by atoms with E-state index < -0.39 is 11.6 Å². The smallest absolute Gasteiger partial charge is 0.410 e. The van der Waals surface area contributed by atoms with E-state index in [1.807, 2.05) is 56.5 Å². The minimum absolute atomic E-state index is 0.222. The van der Waals surface area contributed by atoms with Gasteiger partial charge in [-0.15, -0.1) is 11.3 Å². The van der Waals surface area contributed by atoms with Gasteiger partial charge in [-0.05, 0) is 45.2 Å². The molecule has 1 aromatic heterocycles. The van der Waals surface area contributed by atoms with Gasteiger partial charge in [0.05, 0.1) is 5.56 Å². The van der Waals surface area contributed by atoms with Crippen LogP contribution in [0.1, 0.15) is 44.0 Å². The molecule has 2 heterocycles. The Hall–Kier alpha value is -3.11. The number of hydrogen-bond acceptors (Lipinski definition) is 6. The topological polar surface area (TPSA) is 126 Å². The number of hydrogen-bond donors (Lipinski definition) is 4. The van der Waals surface area contributed by atoms with Crippen molar-refractivity contribution in [1.82, 2.24) is 15.6 Å². The Labute approximate surface area is 191 Å². The number of ether oxygens (including phenoxy) is 1. The van der Waals surface area contributed by atoms with E-state index in [-0.39, 0.29) is 18.0 Å². The number of amides is 4. The predicted octanol–water partition coefficient (Wildman–Crippen LogP) is 3.54. The summed E-state index contributed by atoms with van der Waals surface area (Å²) in [6.07, 6.45) is 1.11. The third-order valence-electron chi connectivity index (χ3n) is 4.80. The Morgan fingerprint density at radius 1 is 1.19 bits per heavy atom. The van der Waals surface area contributed by atoms with Crippen LogP contribution in [0.25, 0.3) is 10.4 Å². The van der Waals surface area contributed by atoms with Gasteiger partial charge in [-0.1, -0.05) is 30.3 Å². The molecular formula is C22H29N5O4S. The van der Waals surface area contributed by atoms with Crippen LogP contribution in [-0.4, -0.2) is 47.7 Å². The quantitative estimate of drug-likeness (QED) is 0.316. The molecule has 1 aliphatic rings.